The minimum Gasteiger partial charge on any atom is -0.324 e. The molecule has 2 aromatic rings. The number of benzene rings is 2. The summed E-state index contributed by atoms with van der Waals surface area (Å²) in [6, 6.07) is 12.9. The summed E-state index contributed by atoms with van der Waals surface area (Å²) in [4.78, 5) is 13.0. The molecule has 0 radical (unpaired) electrons. The van der Waals surface area contributed by atoms with E-state index < -0.39 is 5.54 Å². The van der Waals surface area contributed by atoms with Crippen molar-refractivity contribution in [3.8, 4) is 0 Å². The van der Waals surface area contributed by atoms with E-state index in [1.54, 1.807) is 12.1 Å². The number of rotatable bonds is 5. The van der Waals surface area contributed by atoms with Gasteiger partial charge >= 0.3 is 0 Å². The van der Waals surface area contributed by atoms with Gasteiger partial charge in [-0.3, -0.25) is 10.1 Å². The minimum absolute atomic E-state index is 0.128. The third kappa shape index (κ3) is 2.92. The van der Waals surface area contributed by atoms with Crippen LogP contribution in [0.15, 0.2) is 42.5 Å². The molecule has 5 heteroatoms. The highest BCUT2D eigenvalue weighted by Gasteiger charge is 2.49. The lowest BCUT2D eigenvalue weighted by Crippen LogP contribution is -2.49. The van der Waals surface area contributed by atoms with Crippen molar-refractivity contribution in [2.75, 3.05) is 11.9 Å². The molecule has 24 heavy (non-hydrogen) atoms. The van der Waals surface area contributed by atoms with Gasteiger partial charge in [0.2, 0.25) is 0 Å². The number of nitrogens with one attached hydrogen (secondary N) is 2. The zero-order chi connectivity index (χ0) is 17.3. The molecule has 0 bridgehead atoms. The first-order valence-electron chi connectivity index (χ1n) is 8.06. The number of halogens is 2. The Hall–Kier alpha value is -1.55. The maximum absolute atomic E-state index is 13.0. The second-order valence-electron chi connectivity index (χ2n) is 6.48. The van der Waals surface area contributed by atoms with Crippen LogP contribution in [0.5, 0.6) is 0 Å². The number of anilines is 1. The van der Waals surface area contributed by atoms with Gasteiger partial charge in [-0.25, -0.2) is 0 Å². The van der Waals surface area contributed by atoms with Crippen LogP contribution >= 0.6 is 23.2 Å². The monoisotopic (exact) mass is 362 g/mol. The summed E-state index contributed by atoms with van der Waals surface area (Å²) in [5, 5.41) is 7.57. The van der Waals surface area contributed by atoms with E-state index in [1.807, 2.05) is 30.3 Å². The van der Waals surface area contributed by atoms with Crippen LogP contribution in [0.3, 0.4) is 0 Å². The largest absolute Gasteiger partial charge is 0.324 e. The van der Waals surface area contributed by atoms with Crippen molar-refractivity contribution in [1.82, 2.24) is 5.32 Å². The van der Waals surface area contributed by atoms with Crippen molar-refractivity contribution in [3.05, 3.63) is 63.6 Å². The summed E-state index contributed by atoms with van der Waals surface area (Å²) in [5.41, 5.74) is 1.31. The van der Waals surface area contributed by atoms with Crippen molar-refractivity contribution in [1.29, 1.82) is 0 Å². The van der Waals surface area contributed by atoms with E-state index in [-0.39, 0.29) is 5.91 Å². The molecule has 1 heterocycles. The van der Waals surface area contributed by atoms with E-state index in [0.717, 1.165) is 23.2 Å². The molecule has 126 valence electrons. The number of carbonyl (C=O) groups is 1. The van der Waals surface area contributed by atoms with Crippen LogP contribution in [0.2, 0.25) is 10.0 Å². The Morgan fingerprint density at radius 2 is 1.88 bits per heavy atom. The fraction of sp³-hybridized carbons (Fsp3) is 0.316. The van der Waals surface area contributed by atoms with Crippen LogP contribution < -0.4 is 10.6 Å². The molecule has 1 amide bonds. The second-order valence-corrected chi connectivity index (χ2v) is 7.33. The Labute approximate surface area is 152 Å². The standard InChI is InChI=1S/C19H20Cl2N2O/c1-12(2)9-10-22-19(14-5-3-4-6-16(14)21)15-11-13(20)7-8-17(15)23-18(19)24/h3-8,11-12,22H,9-10H2,1-2H3,(H,23,24). The quantitative estimate of drug-likeness (QED) is 0.799. The lowest BCUT2D eigenvalue weighted by molar-refractivity contribution is -0.120. The third-order valence-corrected chi connectivity index (χ3v) is 4.93. The average molecular weight is 363 g/mol. The van der Waals surface area contributed by atoms with Crippen LogP contribution in [0.1, 0.15) is 31.4 Å². The molecular weight excluding hydrogens is 343 g/mol. The van der Waals surface area contributed by atoms with Crippen molar-refractivity contribution in [2.24, 2.45) is 5.92 Å². The first kappa shape index (κ1) is 17.3. The van der Waals surface area contributed by atoms with Gasteiger partial charge in [0.05, 0.1) is 0 Å². The van der Waals surface area contributed by atoms with E-state index in [9.17, 15) is 4.79 Å². The van der Waals surface area contributed by atoms with Crippen molar-refractivity contribution in [2.45, 2.75) is 25.8 Å². The van der Waals surface area contributed by atoms with Crippen LogP contribution in [0, 0.1) is 5.92 Å². The van der Waals surface area contributed by atoms with Crippen molar-refractivity contribution in [3.63, 3.8) is 0 Å². The van der Waals surface area contributed by atoms with E-state index in [2.05, 4.69) is 24.5 Å². The smallest absolute Gasteiger partial charge is 0.254 e. The maximum atomic E-state index is 13.0. The molecule has 1 unspecified atom stereocenters. The fourth-order valence-electron chi connectivity index (χ4n) is 3.13. The maximum Gasteiger partial charge on any atom is 0.254 e. The minimum atomic E-state index is -1.02. The number of fused-ring (bicyclic) bond motifs is 1. The highest BCUT2D eigenvalue weighted by molar-refractivity contribution is 6.32. The first-order valence-corrected chi connectivity index (χ1v) is 8.82. The molecule has 2 N–H and O–H groups in total. The highest BCUT2D eigenvalue weighted by Crippen LogP contribution is 2.44. The molecule has 3 nitrogen and oxygen atoms in total. The Morgan fingerprint density at radius 3 is 2.58 bits per heavy atom. The summed E-state index contributed by atoms with van der Waals surface area (Å²) in [6.07, 6.45) is 0.954. The van der Waals surface area contributed by atoms with Crippen molar-refractivity contribution < 1.29 is 4.79 Å². The summed E-state index contributed by atoms with van der Waals surface area (Å²) in [7, 11) is 0. The van der Waals surface area contributed by atoms with E-state index >= 15 is 0 Å². The van der Waals surface area contributed by atoms with Gasteiger partial charge in [0.1, 0.15) is 0 Å². The summed E-state index contributed by atoms with van der Waals surface area (Å²) < 4.78 is 0. The van der Waals surface area contributed by atoms with Gasteiger partial charge < -0.3 is 5.32 Å². The number of hydrogen-bond donors (Lipinski definition) is 2. The predicted octanol–water partition coefficient (Wildman–Crippen LogP) is 4.82. The van der Waals surface area contributed by atoms with Gasteiger partial charge in [-0.1, -0.05) is 55.2 Å². The SMILES string of the molecule is CC(C)CCNC1(c2ccccc2Cl)C(=O)Nc2ccc(Cl)cc21. The lowest BCUT2D eigenvalue weighted by Gasteiger charge is -2.31. The zero-order valence-electron chi connectivity index (χ0n) is 13.7. The molecule has 0 fully saturated rings. The molecule has 0 aliphatic carbocycles. The molecule has 0 saturated heterocycles. The van der Waals surface area contributed by atoms with Crippen LogP contribution in [-0.4, -0.2) is 12.5 Å². The molecule has 0 spiro atoms. The Balaban J connectivity index is 2.15. The molecule has 0 aromatic heterocycles. The average Bonchev–Trinajstić information content (AvgIpc) is 2.80. The van der Waals surface area contributed by atoms with Gasteiger partial charge in [-0.05, 0) is 43.1 Å². The number of carbonyl (C=O) groups excluding carboxylic acids is 1. The number of amides is 1. The molecular formula is C19H20Cl2N2O. The number of hydrogen-bond acceptors (Lipinski definition) is 2. The van der Waals surface area contributed by atoms with E-state index in [0.29, 0.717) is 22.5 Å². The van der Waals surface area contributed by atoms with Gasteiger partial charge in [-0.2, -0.15) is 0 Å². The Kier molecular flexibility index (Phi) is 4.86. The zero-order valence-corrected chi connectivity index (χ0v) is 15.2. The Bertz CT molecular complexity index is 776. The molecule has 1 aliphatic heterocycles. The summed E-state index contributed by atoms with van der Waals surface area (Å²) in [5.74, 6) is 0.403. The summed E-state index contributed by atoms with van der Waals surface area (Å²) in [6.45, 7) is 5.01. The van der Waals surface area contributed by atoms with Crippen LogP contribution in [0.25, 0.3) is 0 Å². The normalized spacial score (nSPS) is 19.5. The molecule has 3 rings (SSSR count). The summed E-state index contributed by atoms with van der Waals surface area (Å²) >= 11 is 12.7. The highest BCUT2D eigenvalue weighted by atomic mass is 35.5. The van der Waals surface area contributed by atoms with E-state index in [4.69, 9.17) is 23.2 Å². The topological polar surface area (TPSA) is 41.1 Å². The predicted molar refractivity (Wildman–Crippen MR) is 99.8 cm³/mol. The van der Waals surface area contributed by atoms with E-state index in [1.165, 1.54) is 0 Å². The Morgan fingerprint density at radius 1 is 1.12 bits per heavy atom. The molecule has 1 aliphatic rings. The molecule has 1 atom stereocenters. The van der Waals surface area contributed by atoms with Crippen LogP contribution in [-0.2, 0) is 10.3 Å². The van der Waals surface area contributed by atoms with Crippen LogP contribution in [0.4, 0.5) is 5.69 Å². The van der Waals surface area contributed by atoms with Gasteiger partial charge in [0, 0.05) is 26.9 Å². The fourth-order valence-corrected chi connectivity index (χ4v) is 3.58. The van der Waals surface area contributed by atoms with Gasteiger partial charge in [0.15, 0.2) is 5.54 Å². The molecule has 2 aromatic carbocycles. The van der Waals surface area contributed by atoms with Gasteiger partial charge in [0.25, 0.3) is 5.91 Å². The van der Waals surface area contributed by atoms with Gasteiger partial charge in [-0.15, -0.1) is 0 Å². The third-order valence-electron chi connectivity index (χ3n) is 4.36. The molecule has 0 saturated carbocycles. The second kappa shape index (κ2) is 6.75. The lowest BCUT2D eigenvalue weighted by atomic mass is 9.83. The van der Waals surface area contributed by atoms with Crippen molar-refractivity contribution >= 4 is 34.8 Å². The first-order chi connectivity index (χ1) is 11.4.